The molecule has 7 nitrogen and oxygen atoms in total. The Hall–Kier alpha value is -4.12. The first-order valence-corrected chi connectivity index (χ1v) is 8.84. The van der Waals surface area contributed by atoms with E-state index >= 15 is 0 Å². The number of nitriles is 1. The van der Waals surface area contributed by atoms with Gasteiger partial charge in [-0.3, -0.25) is 9.97 Å². The SMILES string of the molecule is N#Cc1c(O)ncnc1NCCc1nc2ccc(F)cc2cc1-c1ccccn1. The molecule has 3 aromatic heterocycles. The minimum atomic E-state index is -0.370. The fraction of sp³-hybridized carbons (Fsp3) is 0.0952. The van der Waals surface area contributed by atoms with Gasteiger partial charge in [-0.2, -0.15) is 5.26 Å². The number of rotatable bonds is 5. The first-order valence-electron chi connectivity index (χ1n) is 8.84. The lowest BCUT2D eigenvalue weighted by atomic mass is 10.0. The molecule has 0 radical (unpaired) electrons. The molecular weight excluding hydrogens is 371 g/mol. The average molecular weight is 386 g/mol. The second-order valence-electron chi connectivity index (χ2n) is 6.24. The van der Waals surface area contributed by atoms with Gasteiger partial charge in [0.1, 0.15) is 18.2 Å². The number of aromatic hydroxyl groups is 1. The van der Waals surface area contributed by atoms with E-state index in [-0.39, 0.29) is 23.1 Å². The summed E-state index contributed by atoms with van der Waals surface area (Å²) in [5.41, 5.74) is 2.97. The van der Waals surface area contributed by atoms with Crippen LogP contribution in [-0.4, -0.2) is 31.6 Å². The van der Waals surface area contributed by atoms with Crippen LogP contribution in [0.15, 0.2) is 55.0 Å². The number of anilines is 1. The Morgan fingerprint density at radius 1 is 1.10 bits per heavy atom. The zero-order chi connectivity index (χ0) is 20.2. The van der Waals surface area contributed by atoms with Gasteiger partial charge in [0.2, 0.25) is 5.88 Å². The molecule has 0 aliphatic carbocycles. The van der Waals surface area contributed by atoms with Gasteiger partial charge in [0, 0.05) is 30.1 Å². The molecule has 8 heteroatoms. The van der Waals surface area contributed by atoms with Crippen LogP contribution in [0.2, 0.25) is 0 Å². The Morgan fingerprint density at radius 3 is 2.79 bits per heavy atom. The third kappa shape index (κ3) is 3.80. The number of fused-ring (bicyclic) bond motifs is 1. The molecule has 0 aliphatic rings. The van der Waals surface area contributed by atoms with E-state index in [9.17, 15) is 9.50 Å². The predicted molar refractivity (Wildman–Crippen MR) is 106 cm³/mol. The molecule has 0 bridgehead atoms. The van der Waals surface area contributed by atoms with E-state index in [2.05, 4.69) is 20.3 Å². The summed E-state index contributed by atoms with van der Waals surface area (Å²) in [5.74, 6) is -0.444. The number of pyridine rings is 2. The summed E-state index contributed by atoms with van der Waals surface area (Å²) in [6.45, 7) is 0.407. The fourth-order valence-electron chi connectivity index (χ4n) is 3.03. The van der Waals surface area contributed by atoms with Crippen molar-refractivity contribution < 1.29 is 9.50 Å². The van der Waals surface area contributed by atoms with Crippen molar-refractivity contribution in [2.24, 2.45) is 0 Å². The van der Waals surface area contributed by atoms with E-state index in [0.29, 0.717) is 23.9 Å². The third-order valence-electron chi connectivity index (χ3n) is 4.39. The summed E-state index contributed by atoms with van der Waals surface area (Å²) in [4.78, 5) is 16.7. The van der Waals surface area contributed by atoms with Gasteiger partial charge in [0.25, 0.3) is 0 Å². The number of aromatic nitrogens is 4. The molecule has 4 rings (SSSR count). The Balaban J connectivity index is 1.67. The number of hydrogen-bond acceptors (Lipinski definition) is 7. The van der Waals surface area contributed by atoms with Crippen LogP contribution in [0.25, 0.3) is 22.2 Å². The van der Waals surface area contributed by atoms with Gasteiger partial charge in [0.05, 0.1) is 16.9 Å². The molecule has 0 unspecified atom stereocenters. The van der Waals surface area contributed by atoms with E-state index in [4.69, 9.17) is 10.2 Å². The van der Waals surface area contributed by atoms with Crippen LogP contribution >= 0.6 is 0 Å². The van der Waals surface area contributed by atoms with E-state index in [1.165, 1.54) is 18.5 Å². The molecule has 0 spiro atoms. The molecule has 0 amide bonds. The van der Waals surface area contributed by atoms with Crippen LogP contribution in [0.1, 0.15) is 11.3 Å². The lowest BCUT2D eigenvalue weighted by Crippen LogP contribution is -2.10. The number of nitrogens with zero attached hydrogens (tertiary/aromatic N) is 5. The molecule has 0 atom stereocenters. The summed E-state index contributed by atoms with van der Waals surface area (Å²) in [7, 11) is 0. The maximum Gasteiger partial charge on any atom is 0.234 e. The van der Waals surface area contributed by atoms with Gasteiger partial charge in [-0.05, 0) is 36.4 Å². The Bertz CT molecular complexity index is 1220. The summed E-state index contributed by atoms with van der Waals surface area (Å²) in [6, 6.07) is 13.8. The number of hydrogen-bond donors (Lipinski definition) is 2. The van der Waals surface area contributed by atoms with Gasteiger partial charge in [0.15, 0.2) is 11.4 Å². The van der Waals surface area contributed by atoms with Gasteiger partial charge in [-0.15, -0.1) is 0 Å². The lowest BCUT2D eigenvalue weighted by Gasteiger charge is -2.12. The van der Waals surface area contributed by atoms with Crippen molar-refractivity contribution in [1.82, 2.24) is 19.9 Å². The summed E-state index contributed by atoms with van der Waals surface area (Å²) in [6.07, 6.45) is 3.37. The second kappa shape index (κ2) is 7.86. The van der Waals surface area contributed by atoms with Crippen LogP contribution < -0.4 is 5.32 Å². The normalized spacial score (nSPS) is 10.6. The standard InChI is InChI=1S/C21H15FN6O/c22-14-4-5-17-13(9-14)10-15(18-3-1-2-7-24-18)19(28-17)6-8-25-20-16(11-23)21(29)27-12-26-20/h1-5,7,9-10,12H,6,8H2,(H2,25,26,27,29). The Morgan fingerprint density at radius 2 is 2.00 bits per heavy atom. The van der Waals surface area contributed by atoms with Crippen LogP contribution in [0.4, 0.5) is 10.2 Å². The molecule has 0 saturated heterocycles. The molecule has 142 valence electrons. The second-order valence-corrected chi connectivity index (χ2v) is 6.24. The van der Waals surface area contributed by atoms with Crippen LogP contribution in [0, 0.1) is 17.1 Å². The largest absolute Gasteiger partial charge is 0.492 e. The van der Waals surface area contributed by atoms with Gasteiger partial charge < -0.3 is 10.4 Å². The molecule has 4 aromatic rings. The molecule has 29 heavy (non-hydrogen) atoms. The molecule has 0 saturated carbocycles. The first-order chi connectivity index (χ1) is 14.2. The van der Waals surface area contributed by atoms with Gasteiger partial charge in [-0.25, -0.2) is 14.4 Å². The van der Waals surface area contributed by atoms with Crippen LogP contribution in [-0.2, 0) is 6.42 Å². The monoisotopic (exact) mass is 386 g/mol. The van der Waals surface area contributed by atoms with Crippen molar-refractivity contribution in [3.8, 4) is 23.2 Å². The molecule has 1 aromatic carbocycles. The Kier molecular flexibility index (Phi) is 4.95. The molecule has 0 aliphatic heterocycles. The highest BCUT2D eigenvalue weighted by molar-refractivity contribution is 5.84. The predicted octanol–water partition coefficient (Wildman–Crippen LogP) is 3.46. The van der Waals surface area contributed by atoms with E-state index < -0.39 is 0 Å². The quantitative estimate of drug-likeness (QED) is 0.541. The number of benzene rings is 1. The van der Waals surface area contributed by atoms with Crippen molar-refractivity contribution >= 4 is 16.7 Å². The van der Waals surface area contributed by atoms with Crippen molar-refractivity contribution in [2.45, 2.75) is 6.42 Å². The highest BCUT2D eigenvalue weighted by Crippen LogP contribution is 2.26. The maximum atomic E-state index is 13.7. The smallest absolute Gasteiger partial charge is 0.234 e. The van der Waals surface area contributed by atoms with Crippen molar-refractivity contribution in [3.63, 3.8) is 0 Å². The van der Waals surface area contributed by atoms with Crippen LogP contribution in [0.5, 0.6) is 5.88 Å². The fourth-order valence-corrected chi connectivity index (χ4v) is 3.03. The highest BCUT2D eigenvalue weighted by Gasteiger charge is 2.13. The molecule has 0 fully saturated rings. The minimum Gasteiger partial charge on any atom is -0.492 e. The summed E-state index contributed by atoms with van der Waals surface area (Å²) in [5, 5.41) is 22.6. The van der Waals surface area contributed by atoms with Crippen molar-refractivity contribution in [1.29, 1.82) is 5.26 Å². The van der Waals surface area contributed by atoms with Crippen molar-refractivity contribution in [2.75, 3.05) is 11.9 Å². The van der Waals surface area contributed by atoms with Gasteiger partial charge in [-0.1, -0.05) is 6.07 Å². The zero-order valence-corrected chi connectivity index (χ0v) is 15.2. The van der Waals surface area contributed by atoms with Crippen LogP contribution in [0.3, 0.4) is 0 Å². The Labute approximate surface area is 165 Å². The molecule has 2 N–H and O–H groups in total. The summed E-state index contributed by atoms with van der Waals surface area (Å²) >= 11 is 0. The highest BCUT2D eigenvalue weighted by atomic mass is 19.1. The third-order valence-corrected chi connectivity index (χ3v) is 4.39. The minimum absolute atomic E-state index is 0.0144. The van der Waals surface area contributed by atoms with E-state index in [1.807, 2.05) is 30.3 Å². The zero-order valence-electron chi connectivity index (χ0n) is 15.2. The molecular formula is C21H15FN6O. The van der Waals surface area contributed by atoms with E-state index in [0.717, 1.165) is 17.0 Å². The average Bonchev–Trinajstić information content (AvgIpc) is 2.74. The first kappa shape index (κ1) is 18.3. The lowest BCUT2D eigenvalue weighted by molar-refractivity contribution is 0.450. The topological polar surface area (TPSA) is 108 Å². The summed E-state index contributed by atoms with van der Waals surface area (Å²) < 4.78 is 13.7. The van der Waals surface area contributed by atoms with Gasteiger partial charge >= 0.3 is 0 Å². The molecule has 3 heterocycles. The maximum absolute atomic E-state index is 13.7. The van der Waals surface area contributed by atoms with Crippen molar-refractivity contribution in [3.05, 3.63) is 72.1 Å². The van der Waals surface area contributed by atoms with E-state index in [1.54, 1.807) is 12.3 Å². The number of nitrogens with one attached hydrogen (secondary N) is 1. The number of halogens is 1.